The normalized spacial score (nSPS) is 22.7. The Kier molecular flexibility index (Phi) is 3.55. The van der Waals surface area contributed by atoms with Crippen LogP contribution >= 0.6 is 0 Å². The van der Waals surface area contributed by atoms with E-state index in [4.69, 9.17) is 0 Å². The number of hydrogen-bond donors (Lipinski definition) is 2. The predicted octanol–water partition coefficient (Wildman–Crippen LogP) is 0.836. The molecule has 2 heterocycles. The van der Waals surface area contributed by atoms with Gasteiger partial charge in [-0.25, -0.2) is 9.78 Å². The lowest BCUT2D eigenvalue weighted by molar-refractivity contribution is -0.148. The van der Waals surface area contributed by atoms with Crippen LogP contribution in [0.2, 0.25) is 0 Å². The molecule has 0 aliphatic carbocycles. The van der Waals surface area contributed by atoms with Crippen LogP contribution in [0.15, 0.2) is 0 Å². The van der Waals surface area contributed by atoms with Crippen LogP contribution in [0.3, 0.4) is 0 Å². The highest BCUT2D eigenvalue weighted by molar-refractivity contribution is 5.95. The molecule has 104 valence electrons. The topological polar surface area (TPSA) is 99.2 Å². The Morgan fingerprint density at radius 1 is 1.47 bits per heavy atom. The summed E-state index contributed by atoms with van der Waals surface area (Å²) < 4.78 is 0. The summed E-state index contributed by atoms with van der Waals surface area (Å²) in [6.07, 6.45) is 2.21. The van der Waals surface area contributed by atoms with Crippen LogP contribution in [0.25, 0.3) is 0 Å². The summed E-state index contributed by atoms with van der Waals surface area (Å²) >= 11 is 0. The number of hydrogen-bond acceptors (Lipinski definition) is 4. The molecule has 1 amide bonds. The van der Waals surface area contributed by atoms with Crippen molar-refractivity contribution in [2.45, 2.75) is 45.1 Å². The second kappa shape index (κ2) is 4.99. The molecule has 1 atom stereocenters. The number of aliphatic carboxylic acids is 1. The van der Waals surface area contributed by atoms with Gasteiger partial charge >= 0.3 is 5.97 Å². The molecule has 2 N–H and O–H groups in total. The summed E-state index contributed by atoms with van der Waals surface area (Å²) in [6, 6.07) is 0. The van der Waals surface area contributed by atoms with Crippen LogP contribution in [0, 0.1) is 0 Å². The first-order valence-corrected chi connectivity index (χ1v) is 6.51. The van der Waals surface area contributed by atoms with Crippen molar-refractivity contribution < 1.29 is 14.7 Å². The quantitative estimate of drug-likeness (QED) is 0.841. The summed E-state index contributed by atoms with van der Waals surface area (Å²) in [5.41, 5.74) is -1.11. The Hall–Kier alpha value is -1.92. The van der Waals surface area contributed by atoms with Crippen molar-refractivity contribution in [2.75, 3.05) is 6.54 Å². The lowest BCUT2D eigenvalue weighted by Gasteiger charge is -2.33. The number of carboxylic acids is 1. The number of carbonyl (C=O) groups is 2. The van der Waals surface area contributed by atoms with Gasteiger partial charge in [0, 0.05) is 13.0 Å². The zero-order valence-corrected chi connectivity index (χ0v) is 11.1. The van der Waals surface area contributed by atoms with E-state index in [1.807, 2.05) is 6.92 Å². The first-order chi connectivity index (χ1) is 9.05. The van der Waals surface area contributed by atoms with Gasteiger partial charge in [-0.2, -0.15) is 0 Å². The first-order valence-electron chi connectivity index (χ1n) is 6.51. The number of nitrogens with zero attached hydrogens (tertiary/aromatic N) is 3. The number of carbonyl (C=O) groups excluding carboxylic acids is 1. The number of H-pyrrole nitrogens is 1. The summed E-state index contributed by atoms with van der Waals surface area (Å²) in [5, 5.41) is 16.0. The lowest BCUT2D eigenvalue weighted by Crippen LogP contribution is -2.52. The van der Waals surface area contributed by atoms with Gasteiger partial charge in [-0.05, 0) is 19.3 Å². The highest BCUT2D eigenvalue weighted by Crippen LogP contribution is 2.33. The van der Waals surface area contributed by atoms with Crippen molar-refractivity contribution in [3.8, 4) is 0 Å². The lowest BCUT2D eigenvalue weighted by atomic mass is 9.93. The predicted molar refractivity (Wildman–Crippen MR) is 66.7 cm³/mol. The van der Waals surface area contributed by atoms with Crippen molar-refractivity contribution in [2.24, 2.45) is 0 Å². The van der Waals surface area contributed by atoms with E-state index < -0.39 is 17.4 Å². The summed E-state index contributed by atoms with van der Waals surface area (Å²) in [4.78, 5) is 29.4. The van der Waals surface area contributed by atoms with Crippen LogP contribution in [0.4, 0.5) is 0 Å². The molecule has 19 heavy (non-hydrogen) atoms. The molecule has 0 aromatic carbocycles. The van der Waals surface area contributed by atoms with Crippen molar-refractivity contribution >= 4 is 11.9 Å². The third kappa shape index (κ3) is 2.09. The second-order valence-corrected chi connectivity index (χ2v) is 4.71. The standard InChI is InChI=1S/C12H18N4O3/c1-3-8-13-9(15-14-8)10(17)16-7-5-6-12(16,4-2)11(18)19/h3-7H2,1-2H3,(H,18,19)(H,13,14,15). The number of aromatic amines is 1. The number of likely N-dealkylation sites (tertiary alicyclic amines) is 1. The zero-order chi connectivity index (χ0) is 14.0. The third-order valence-corrected chi connectivity index (χ3v) is 3.77. The van der Waals surface area contributed by atoms with E-state index in [0.717, 1.165) is 0 Å². The third-order valence-electron chi connectivity index (χ3n) is 3.77. The zero-order valence-electron chi connectivity index (χ0n) is 11.1. The average Bonchev–Trinajstić information content (AvgIpc) is 3.04. The highest BCUT2D eigenvalue weighted by atomic mass is 16.4. The molecule has 0 saturated carbocycles. The summed E-state index contributed by atoms with van der Waals surface area (Å²) in [7, 11) is 0. The minimum atomic E-state index is -1.11. The minimum absolute atomic E-state index is 0.0535. The van der Waals surface area contributed by atoms with E-state index in [9.17, 15) is 14.7 Å². The van der Waals surface area contributed by atoms with E-state index in [-0.39, 0.29) is 5.82 Å². The van der Waals surface area contributed by atoms with Crippen LogP contribution in [-0.4, -0.2) is 49.1 Å². The molecule has 0 radical (unpaired) electrons. The second-order valence-electron chi connectivity index (χ2n) is 4.71. The van der Waals surface area contributed by atoms with Crippen LogP contribution in [-0.2, 0) is 11.2 Å². The largest absolute Gasteiger partial charge is 0.479 e. The number of aromatic nitrogens is 3. The van der Waals surface area contributed by atoms with Crippen molar-refractivity contribution in [3.63, 3.8) is 0 Å². The SMILES string of the molecule is CCc1nc(C(=O)N2CCCC2(CC)C(=O)O)n[nH]1. The van der Waals surface area contributed by atoms with E-state index in [1.165, 1.54) is 4.90 Å². The van der Waals surface area contributed by atoms with Crippen molar-refractivity contribution in [3.05, 3.63) is 11.6 Å². The van der Waals surface area contributed by atoms with Crippen molar-refractivity contribution in [1.82, 2.24) is 20.1 Å². The minimum Gasteiger partial charge on any atom is -0.479 e. The molecule has 1 aromatic heterocycles. The highest BCUT2D eigenvalue weighted by Gasteiger charge is 2.49. The molecule has 1 aliphatic rings. The van der Waals surface area contributed by atoms with Gasteiger partial charge < -0.3 is 10.0 Å². The number of aryl methyl sites for hydroxylation is 1. The van der Waals surface area contributed by atoms with Crippen LogP contribution in [0.1, 0.15) is 49.6 Å². The summed E-state index contributed by atoms with van der Waals surface area (Å²) in [6.45, 7) is 4.13. The van der Waals surface area contributed by atoms with Gasteiger partial charge in [-0.15, -0.1) is 5.10 Å². The molecular formula is C12H18N4O3. The maximum Gasteiger partial charge on any atom is 0.329 e. The Balaban J connectivity index is 2.29. The van der Waals surface area contributed by atoms with E-state index in [1.54, 1.807) is 6.92 Å². The van der Waals surface area contributed by atoms with Gasteiger partial charge in [0.05, 0.1) is 0 Å². The number of carboxylic acid groups (broad SMARTS) is 1. The van der Waals surface area contributed by atoms with Gasteiger partial charge in [0.2, 0.25) is 5.82 Å². The molecule has 1 saturated heterocycles. The molecule has 1 unspecified atom stereocenters. The van der Waals surface area contributed by atoms with Crippen LogP contribution in [0.5, 0.6) is 0 Å². The molecule has 1 aromatic rings. The maximum atomic E-state index is 12.4. The average molecular weight is 266 g/mol. The smallest absolute Gasteiger partial charge is 0.329 e. The number of nitrogens with one attached hydrogen (secondary N) is 1. The fourth-order valence-electron chi connectivity index (χ4n) is 2.59. The monoisotopic (exact) mass is 266 g/mol. The first kappa shape index (κ1) is 13.5. The van der Waals surface area contributed by atoms with Gasteiger partial charge in [0.1, 0.15) is 11.4 Å². The van der Waals surface area contributed by atoms with Gasteiger partial charge in [-0.1, -0.05) is 13.8 Å². The molecular weight excluding hydrogens is 248 g/mol. The Labute approximate surface area is 111 Å². The molecule has 0 bridgehead atoms. The molecule has 7 heteroatoms. The Morgan fingerprint density at radius 2 is 2.21 bits per heavy atom. The fourth-order valence-corrected chi connectivity index (χ4v) is 2.59. The fraction of sp³-hybridized carbons (Fsp3) is 0.667. The molecule has 0 spiro atoms. The van der Waals surface area contributed by atoms with Gasteiger partial charge in [-0.3, -0.25) is 9.89 Å². The number of amides is 1. The van der Waals surface area contributed by atoms with E-state index in [2.05, 4.69) is 15.2 Å². The molecule has 1 fully saturated rings. The Bertz CT molecular complexity index is 499. The molecule has 7 nitrogen and oxygen atoms in total. The van der Waals surface area contributed by atoms with E-state index >= 15 is 0 Å². The van der Waals surface area contributed by atoms with Crippen LogP contribution < -0.4 is 0 Å². The van der Waals surface area contributed by atoms with Gasteiger partial charge in [0.25, 0.3) is 5.91 Å². The Morgan fingerprint density at radius 3 is 2.74 bits per heavy atom. The van der Waals surface area contributed by atoms with E-state index in [0.29, 0.717) is 38.1 Å². The molecule has 2 rings (SSSR count). The van der Waals surface area contributed by atoms with Gasteiger partial charge in [0.15, 0.2) is 0 Å². The van der Waals surface area contributed by atoms with Crippen molar-refractivity contribution in [1.29, 1.82) is 0 Å². The maximum absolute atomic E-state index is 12.4. The molecule has 1 aliphatic heterocycles. The number of rotatable bonds is 4. The summed E-state index contributed by atoms with van der Waals surface area (Å²) in [5.74, 6) is -0.678.